The molecule has 0 aliphatic rings. The second-order valence-corrected chi connectivity index (χ2v) is 3.58. The van der Waals surface area contributed by atoms with Crippen molar-refractivity contribution in [3.63, 3.8) is 0 Å². The maximum absolute atomic E-state index is 12.6. The van der Waals surface area contributed by atoms with Crippen molar-refractivity contribution >= 4 is 22.2 Å². The van der Waals surface area contributed by atoms with Crippen LogP contribution in [-0.2, 0) is 5.33 Å². The minimum atomic E-state index is -5.18. The molecule has 100 valence electrons. The van der Waals surface area contributed by atoms with Crippen molar-refractivity contribution in [1.82, 2.24) is 4.98 Å². The van der Waals surface area contributed by atoms with E-state index in [1.807, 2.05) is 0 Å². The van der Waals surface area contributed by atoms with Crippen molar-refractivity contribution in [2.45, 2.75) is 18.1 Å². The molecule has 0 aromatic carbocycles. The number of hydrogen-bond donors (Lipinski definition) is 0. The van der Waals surface area contributed by atoms with Crippen LogP contribution in [0, 0.1) is 0 Å². The highest BCUT2D eigenvalue weighted by molar-refractivity contribution is 9.08. The summed E-state index contributed by atoms with van der Waals surface area (Å²) in [4.78, 5) is 13.9. The highest BCUT2D eigenvalue weighted by Crippen LogP contribution is 2.34. The number of rotatable bonds is 4. The van der Waals surface area contributed by atoms with Crippen LogP contribution in [0.5, 0.6) is 5.75 Å². The van der Waals surface area contributed by atoms with Crippen LogP contribution in [0.25, 0.3) is 0 Å². The molecule has 9 heteroatoms. The van der Waals surface area contributed by atoms with Crippen LogP contribution >= 0.6 is 15.9 Å². The molecule has 0 aliphatic carbocycles. The monoisotopic (exact) mass is 333 g/mol. The largest absolute Gasteiger partial charge is 0.573 e. The third-order valence-corrected chi connectivity index (χ3v) is 2.34. The lowest BCUT2D eigenvalue weighted by atomic mass is 10.2. The summed E-state index contributed by atoms with van der Waals surface area (Å²) in [7, 11) is 0. The molecule has 1 aromatic heterocycles. The van der Waals surface area contributed by atoms with Crippen molar-refractivity contribution in [3.05, 3.63) is 23.0 Å². The lowest BCUT2D eigenvalue weighted by Gasteiger charge is -2.15. The second kappa shape index (κ2) is 5.59. The Morgan fingerprint density at radius 2 is 2.06 bits per heavy atom. The van der Waals surface area contributed by atoms with Crippen LogP contribution in [0.2, 0.25) is 0 Å². The highest BCUT2D eigenvalue weighted by atomic mass is 79.9. The van der Waals surface area contributed by atoms with Crippen LogP contribution in [0.1, 0.15) is 28.2 Å². The van der Waals surface area contributed by atoms with E-state index in [-0.39, 0.29) is 17.3 Å². The molecule has 0 N–H and O–H groups in total. The Labute approximate surface area is 106 Å². The van der Waals surface area contributed by atoms with Crippen molar-refractivity contribution in [2.24, 2.45) is 0 Å². The van der Waals surface area contributed by atoms with E-state index in [9.17, 15) is 26.7 Å². The van der Waals surface area contributed by atoms with Gasteiger partial charge in [-0.15, -0.1) is 13.2 Å². The second-order valence-electron chi connectivity index (χ2n) is 3.02. The van der Waals surface area contributed by atoms with Crippen LogP contribution in [0.15, 0.2) is 6.07 Å². The number of aldehydes is 1. The molecule has 0 unspecified atom stereocenters. The molecule has 0 spiro atoms. The molecule has 0 saturated heterocycles. The number of nitrogens with zero attached hydrogens (tertiary/aromatic N) is 1. The van der Waals surface area contributed by atoms with Gasteiger partial charge in [-0.2, -0.15) is 0 Å². The summed E-state index contributed by atoms with van der Waals surface area (Å²) in [6, 6.07) is 0.939. The normalized spacial score (nSPS) is 11.7. The molecule has 3 nitrogen and oxygen atoms in total. The average Bonchev–Trinajstić information content (AvgIpc) is 2.26. The first-order valence-electron chi connectivity index (χ1n) is 4.37. The van der Waals surface area contributed by atoms with E-state index >= 15 is 0 Å². The summed E-state index contributed by atoms with van der Waals surface area (Å²) in [6.45, 7) is 0. The van der Waals surface area contributed by atoms with Gasteiger partial charge in [-0.25, -0.2) is 13.8 Å². The number of hydrogen-bond acceptors (Lipinski definition) is 3. The number of alkyl halides is 6. The van der Waals surface area contributed by atoms with Gasteiger partial charge in [0.25, 0.3) is 6.43 Å². The Hall–Kier alpha value is -1.25. The predicted molar refractivity (Wildman–Crippen MR) is 53.9 cm³/mol. The fraction of sp³-hybridized carbons (Fsp3) is 0.333. The van der Waals surface area contributed by atoms with Gasteiger partial charge in [-0.3, -0.25) is 4.79 Å². The summed E-state index contributed by atoms with van der Waals surface area (Å²) in [5.41, 5.74) is -1.85. The maximum Gasteiger partial charge on any atom is 0.573 e. The fourth-order valence-electron chi connectivity index (χ4n) is 1.16. The molecular formula is C9H5BrF5NO2. The molecule has 18 heavy (non-hydrogen) atoms. The quantitative estimate of drug-likeness (QED) is 0.480. The summed E-state index contributed by atoms with van der Waals surface area (Å²) in [5.74, 6) is -1.27. The number of ether oxygens (including phenoxy) is 1. The minimum absolute atomic E-state index is 0.000787. The predicted octanol–water partition coefficient (Wildman–Crippen LogP) is 3.63. The van der Waals surface area contributed by atoms with Gasteiger partial charge in [0.2, 0.25) is 0 Å². The topological polar surface area (TPSA) is 39.2 Å². The minimum Gasteiger partial charge on any atom is -0.403 e. The van der Waals surface area contributed by atoms with Gasteiger partial charge < -0.3 is 4.74 Å². The molecule has 0 atom stereocenters. The van der Waals surface area contributed by atoms with Gasteiger partial charge in [-0.05, 0) is 6.07 Å². The van der Waals surface area contributed by atoms with Gasteiger partial charge in [0, 0.05) is 5.33 Å². The van der Waals surface area contributed by atoms with Crippen LogP contribution in [0.4, 0.5) is 22.0 Å². The van der Waals surface area contributed by atoms with Crippen molar-refractivity contribution < 1.29 is 31.5 Å². The van der Waals surface area contributed by atoms with E-state index in [0.717, 1.165) is 6.07 Å². The van der Waals surface area contributed by atoms with Crippen LogP contribution < -0.4 is 4.74 Å². The molecule has 0 bridgehead atoms. The Kier molecular flexibility index (Phi) is 4.60. The third-order valence-electron chi connectivity index (χ3n) is 1.77. The third kappa shape index (κ3) is 3.62. The first-order valence-corrected chi connectivity index (χ1v) is 5.49. The molecule has 0 radical (unpaired) electrons. The maximum atomic E-state index is 12.6. The zero-order chi connectivity index (χ0) is 13.9. The van der Waals surface area contributed by atoms with Gasteiger partial charge >= 0.3 is 6.36 Å². The first-order chi connectivity index (χ1) is 8.28. The number of pyridine rings is 1. The Bertz CT molecular complexity index is 449. The molecule has 0 fully saturated rings. The van der Waals surface area contributed by atoms with Crippen molar-refractivity contribution in [3.8, 4) is 5.75 Å². The lowest BCUT2D eigenvalue weighted by molar-refractivity contribution is -0.275. The number of carbonyl (C=O) groups is 1. The van der Waals surface area contributed by atoms with Crippen LogP contribution in [0.3, 0.4) is 0 Å². The highest BCUT2D eigenvalue weighted by Gasteiger charge is 2.35. The molecular weight excluding hydrogens is 329 g/mol. The molecule has 0 amide bonds. The van der Waals surface area contributed by atoms with Gasteiger partial charge in [0.1, 0.15) is 5.69 Å². The summed E-state index contributed by atoms with van der Waals surface area (Å²) in [6.07, 6.45) is -8.47. The number of carbonyl (C=O) groups excluding carboxylic acids is 1. The van der Waals surface area contributed by atoms with E-state index in [2.05, 4.69) is 25.7 Å². The Morgan fingerprint density at radius 1 is 1.44 bits per heavy atom. The van der Waals surface area contributed by atoms with Gasteiger partial charge in [0.05, 0.1) is 11.3 Å². The van der Waals surface area contributed by atoms with E-state index in [1.54, 1.807) is 0 Å². The Balaban J connectivity index is 3.39. The number of halogens is 6. The standard InChI is InChI=1S/C9H5BrF5NO2/c10-2-5-1-4(3-17)7(18-9(13,14)15)6(16-5)8(11)12/h1,3,8H,2H2. The van der Waals surface area contributed by atoms with E-state index < -0.39 is 29.8 Å². The zero-order valence-electron chi connectivity index (χ0n) is 8.47. The lowest BCUT2D eigenvalue weighted by Crippen LogP contribution is -2.20. The van der Waals surface area contributed by atoms with Crippen molar-refractivity contribution in [1.29, 1.82) is 0 Å². The summed E-state index contributed by atoms with van der Waals surface area (Å²) >= 11 is 2.90. The fourth-order valence-corrected chi connectivity index (χ4v) is 1.45. The molecule has 1 rings (SSSR count). The summed E-state index contributed by atoms with van der Waals surface area (Å²) < 4.78 is 64.8. The molecule has 0 saturated carbocycles. The van der Waals surface area contributed by atoms with E-state index in [4.69, 9.17) is 0 Å². The first kappa shape index (κ1) is 14.8. The summed E-state index contributed by atoms with van der Waals surface area (Å²) in [5, 5.41) is 0.0137. The zero-order valence-corrected chi connectivity index (χ0v) is 10.1. The van der Waals surface area contributed by atoms with E-state index in [0.29, 0.717) is 0 Å². The van der Waals surface area contributed by atoms with Gasteiger partial charge in [0.15, 0.2) is 12.0 Å². The smallest absolute Gasteiger partial charge is 0.403 e. The van der Waals surface area contributed by atoms with E-state index in [1.165, 1.54) is 0 Å². The number of aromatic nitrogens is 1. The SMILES string of the molecule is O=Cc1cc(CBr)nc(C(F)F)c1OC(F)(F)F. The van der Waals surface area contributed by atoms with Gasteiger partial charge in [-0.1, -0.05) is 15.9 Å². The molecule has 1 heterocycles. The van der Waals surface area contributed by atoms with Crippen molar-refractivity contribution in [2.75, 3.05) is 0 Å². The molecule has 0 aliphatic heterocycles. The average molecular weight is 334 g/mol. The molecule has 1 aromatic rings. The Morgan fingerprint density at radius 3 is 2.44 bits per heavy atom. The van der Waals surface area contributed by atoms with Crippen LogP contribution in [-0.4, -0.2) is 17.6 Å².